The number of aromatic nitrogens is 5. The van der Waals surface area contributed by atoms with Gasteiger partial charge in [0.15, 0.2) is 0 Å². The molecule has 1 unspecified atom stereocenters. The highest BCUT2D eigenvalue weighted by Gasteiger charge is 2.22. The maximum atomic E-state index is 6.19. The van der Waals surface area contributed by atoms with Gasteiger partial charge in [0.25, 0.3) is 0 Å². The molecule has 0 radical (unpaired) electrons. The van der Waals surface area contributed by atoms with Crippen molar-refractivity contribution >= 4 is 11.6 Å². The van der Waals surface area contributed by atoms with Gasteiger partial charge in [-0.3, -0.25) is 9.78 Å². The number of rotatable bonds is 6. The first-order valence-corrected chi connectivity index (χ1v) is 5.88. The topological polar surface area (TPSA) is 80.7 Å². The minimum atomic E-state index is -0.181. The summed E-state index contributed by atoms with van der Waals surface area (Å²) in [6, 6.07) is -0.181. The van der Waals surface area contributed by atoms with Crippen LogP contribution in [0.2, 0.25) is 5.02 Å². The van der Waals surface area contributed by atoms with Crippen LogP contribution in [0.4, 0.5) is 0 Å². The lowest BCUT2D eigenvalue weighted by Crippen LogP contribution is -2.24. The number of halogens is 1. The van der Waals surface area contributed by atoms with E-state index in [0.29, 0.717) is 24.0 Å². The summed E-state index contributed by atoms with van der Waals surface area (Å²) in [4.78, 5) is 4.15. The molecule has 0 aliphatic carbocycles. The minimum Gasteiger partial charge on any atom is -0.383 e. The lowest BCUT2D eigenvalue weighted by atomic mass is 10.2. The van der Waals surface area contributed by atoms with E-state index in [0.717, 1.165) is 5.69 Å². The van der Waals surface area contributed by atoms with Crippen LogP contribution in [0, 0.1) is 0 Å². The zero-order chi connectivity index (χ0) is 13.0. The van der Waals surface area contributed by atoms with E-state index in [1.165, 1.54) is 6.33 Å². The first kappa shape index (κ1) is 13.0. The van der Waals surface area contributed by atoms with E-state index in [2.05, 4.69) is 25.6 Å². The van der Waals surface area contributed by atoms with E-state index in [9.17, 15) is 0 Å². The van der Waals surface area contributed by atoms with Crippen LogP contribution in [0.15, 0.2) is 12.5 Å². The summed E-state index contributed by atoms with van der Waals surface area (Å²) in [5, 5.41) is 14.6. The van der Waals surface area contributed by atoms with E-state index in [4.69, 9.17) is 16.3 Å². The molecule has 0 aromatic carbocycles. The third kappa shape index (κ3) is 2.53. The Morgan fingerprint density at radius 3 is 3.06 bits per heavy atom. The molecule has 98 valence electrons. The molecule has 0 fully saturated rings. The van der Waals surface area contributed by atoms with Crippen LogP contribution in [0.3, 0.4) is 0 Å². The monoisotopic (exact) mass is 270 g/mol. The molecule has 2 aromatic heterocycles. The smallest absolute Gasteiger partial charge is 0.147 e. The quantitative estimate of drug-likeness (QED) is 0.804. The molecule has 7 nitrogen and oxygen atoms in total. The van der Waals surface area contributed by atoms with Crippen LogP contribution in [0.25, 0.3) is 0 Å². The third-order valence-electron chi connectivity index (χ3n) is 2.61. The molecule has 0 spiro atoms. The summed E-state index contributed by atoms with van der Waals surface area (Å²) in [5.74, 6) is 0.693. The maximum absolute atomic E-state index is 6.19. The van der Waals surface area contributed by atoms with Gasteiger partial charge in [-0.2, -0.15) is 10.2 Å². The predicted molar refractivity (Wildman–Crippen MR) is 66.4 cm³/mol. The number of hydrogen-bond donors (Lipinski definition) is 2. The fraction of sp³-hybridized carbons (Fsp3) is 0.500. The maximum Gasteiger partial charge on any atom is 0.147 e. The summed E-state index contributed by atoms with van der Waals surface area (Å²) in [5.41, 5.74) is 0.841. The number of methoxy groups -OCH3 is 1. The largest absolute Gasteiger partial charge is 0.383 e. The predicted octanol–water partition coefficient (Wildman–Crippen LogP) is 0.610. The Bertz CT molecular complexity index is 483. The Labute approximate surface area is 110 Å². The van der Waals surface area contributed by atoms with Crippen molar-refractivity contribution in [1.82, 2.24) is 30.3 Å². The second kappa shape index (κ2) is 5.94. The Balaban J connectivity index is 2.32. The molecule has 2 heterocycles. The number of ether oxygens (including phenoxy) is 1. The van der Waals surface area contributed by atoms with Crippen molar-refractivity contribution in [1.29, 1.82) is 0 Å². The molecular formula is C10H15ClN6O. The van der Waals surface area contributed by atoms with Crippen molar-refractivity contribution < 1.29 is 4.74 Å². The van der Waals surface area contributed by atoms with Crippen LogP contribution in [0.5, 0.6) is 0 Å². The molecule has 0 aliphatic rings. The van der Waals surface area contributed by atoms with Crippen LogP contribution < -0.4 is 5.32 Å². The normalized spacial score (nSPS) is 12.8. The molecule has 2 aromatic rings. The Morgan fingerprint density at radius 2 is 2.44 bits per heavy atom. The zero-order valence-electron chi connectivity index (χ0n) is 10.2. The van der Waals surface area contributed by atoms with Gasteiger partial charge in [0, 0.05) is 7.11 Å². The number of aromatic amines is 1. The van der Waals surface area contributed by atoms with Gasteiger partial charge in [0.1, 0.15) is 18.2 Å². The Morgan fingerprint density at radius 1 is 1.61 bits per heavy atom. The molecule has 0 aliphatic heterocycles. The molecule has 0 saturated carbocycles. The first-order valence-electron chi connectivity index (χ1n) is 5.50. The van der Waals surface area contributed by atoms with Crippen LogP contribution in [-0.4, -0.2) is 45.7 Å². The van der Waals surface area contributed by atoms with Gasteiger partial charge in [-0.25, -0.2) is 4.98 Å². The van der Waals surface area contributed by atoms with Crippen LogP contribution in [-0.2, 0) is 11.3 Å². The van der Waals surface area contributed by atoms with Gasteiger partial charge in [-0.15, -0.1) is 0 Å². The lowest BCUT2D eigenvalue weighted by molar-refractivity contribution is 0.182. The van der Waals surface area contributed by atoms with Crippen molar-refractivity contribution in [2.75, 3.05) is 20.8 Å². The standard InChI is InChI=1S/C10H15ClN6O/c1-12-8(10-13-6-14-16-10)9-7(11)5-15-17(9)3-4-18-2/h5-6,8,12H,3-4H2,1-2H3,(H,13,14,16). The fourth-order valence-electron chi connectivity index (χ4n) is 1.77. The van der Waals surface area contributed by atoms with Gasteiger partial charge in [-0.1, -0.05) is 11.6 Å². The van der Waals surface area contributed by atoms with E-state index >= 15 is 0 Å². The number of nitrogens with one attached hydrogen (secondary N) is 2. The highest BCUT2D eigenvalue weighted by atomic mass is 35.5. The number of nitrogens with zero attached hydrogens (tertiary/aromatic N) is 4. The van der Waals surface area contributed by atoms with Gasteiger partial charge in [0.2, 0.25) is 0 Å². The Hall–Kier alpha value is -1.44. The van der Waals surface area contributed by atoms with E-state index < -0.39 is 0 Å². The van der Waals surface area contributed by atoms with Gasteiger partial charge < -0.3 is 10.1 Å². The molecular weight excluding hydrogens is 256 g/mol. The summed E-state index contributed by atoms with van der Waals surface area (Å²) in [6.45, 7) is 1.20. The van der Waals surface area contributed by atoms with Crippen molar-refractivity contribution in [3.8, 4) is 0 Å². The van der Waals surface area contributed by atoms with Crippen molar-refractivity contribution in [3.05, 3.63) is 29.1 Å². The summed E-state index contributed by atoms with van der Waals surface area (Å²) in [7, 11) is 3.48. The molecule has 1 atom stereocenters. The molecule has 2 rings (SSSR count). The lowest BCUT2D eigenvalue weighted by Gasteiger charge is -2.16. The van der Waals surface area contributed by atoms with E-state index in [-0.39, 0.29) is 6.04 Å². The number of H-pyrrole nitrogens is 1. The summed E-state index contributed by atoms with van der Waals surface area (Å²) in [6.07, 6.45) is 3.08. The average molecular weight is 271 g/mol. The Kier molecular flexibility index (Phi) is 4.29. The number of hydrogen-bond acceptors (Lipinski definition) is 5. The van der Waals surface area contributed by atoms with Crippen molar-refractivity contribution in [2.24, 2.45) is 0 Å². The van der Waals surface area contributed by atoms with E-state index in [1.807, 2.05) is 7.05 Å². The summed E-state index contributed by atoms with van der Waals surface area (Å²) < 4.78 is 6.86. The SMILES string of the molecule is CNC(c1ncn[nH]1)c1c(Cl)cnn1CCOC. The van der Waals surface area contributed by atoms with Gasteiger partial charge >= 0.3 is 0 Å². The molecule has 2 N–H and O–H groups in total. The first-order chi connectivity index (χ1) is 8.77. The molecule has 0 amide bonds. The average Bonchev–Trinajstić information content (AvgIpc) is 3.00. The van der Waals surface area contributed by atoms with E-state index in [1.54, 1.807) is 18.0 Å². The second-order valence-corrected chi connectivity index (χ2v) is 4.09. The van der Waals surface area contributed by atoms with Gasteiger partial charge in [-0.05, 0) is 7.05 Å². The van der Waals surface area contributed by atoms with Gasteiger partial charge in [0.05, 0.1) is 30.1 Å². The molecule has 18 heavy (non-hydrogen) atoms. The van der Waals surface area contributed by atoms with Crippen LogP contribution >= 0.6 is 11.6 Å². The molecule has 0 bridgehead atoms. The van der Waals surface area contributed by atoms with Crippen molar-refractivity contribution in [3.63, 3.8) is 0 Å². The molecule has 0 saturated heterocycles. The fourth-order valence-corrected chi connectivity index (χ4v) is 2.02. The van der Waals surface area contributed by atoms with Crippen LogP contribution in [0.1, 0.15) is 17.6 Å². The highest BCUT2D eigenvalue weighted by Crippen LogP contribution is 2.25. The highest BCUT2D eigenvalue weighted by molar-refractivity contribution is 6.31. The minimum absolute atomic E-state index is 0.181. The zero-order valence-corrected chi connectivity index (χ0v) is 11.0. The van der Waals surface area contributed by atoms with Crippen molar-refractivity contribution in [2.45, 2.75) is 12.6 Å². The molecule has 8 heteroatoms. The summed E-state index contributed by atoms with van der Waals surface area (Å²) >= 11 is 6.19. The second-order valence-electron chi connectivity index (χ2n) is 3.69. The third-order valence-corrected chi connectivity index (χ3v) is 2.90.